The normalized spacial score (nSPS) is 14.0. The minimum atomic E-state index is -0.796. The molecule has 0 fully saturated rings. The number of amides is 3. The Labute approximate surface area is 173 Å². The lowest BCUT2D eigenvalue weighted by Crippen LogP contribution is -2.56. The second-order valence-corrected chi connectivity index (χ2v) is 8.05. The van der Waals surface area contributed by atoms with Crippen molar-refractivity contribution < 1.29 is 19.2 Å². The van der Waals surface area contributed by atoms with E-state index in [0.29, 0.717) is 19.1 Å². The van der Waals surface area contributed by atoms with Crippen LogP contribution < -0.4 is 16.0 Å². The van der Waals surface area contributed by atoms with Crippen molar-refractivity contribution in [3.05, 3.63) is 35.9 Å². The van der Waals surface area contributed by atoms with Gasteiger partial charge in [0.15, 0.2) is 0 Å². The van der Waals surface area contributed by atoms with Gasteiger partial charge in [0.1, 0.15) is 18.4 Å². The SMILES string of the molecule is CC(=O)N[C@H](C(=O)N[C@@H](CC(C)C)C(=O)N[C@H](C=O)Cc1ccccc1)C(C)C. The summed E-state index contributed by atoms with van der Waals surface area (Å²) in [6.45, 7) is 8.88. The van der Waals surface area contributed by atoms with Crippen molar-refractivity contribution in [1.29, 1.82) is 0 Å². The maximum atomic E-state index is 12.8. The van der Waals surface area contributed by atoms with Crippen molar-refractivity contribution in [2.45, 2.75) is 65.6 Å². The van der Waals surface area contributed by atoms with E-state index in [0.717, 1.165) is 5.56 Å². The van der Waals surface area contributed by atoms with Crippen molar-refractivity contribution in [3.8, 4) is 0 Å². The summed E-state index contributed by atoms with van der Waals surface area (Å²) >= 11 is 0. The summed E-state index contributed by atoms with van der Waals surface area (Å²) in [6, 6.07) is 7.17. The quantitative estimate of drug-likeness (QED) is 0.488. The van der Waals surface area contributed by atoms with Crippen LogP contribution in [0.4, 0.5) is 0 Å². The number of carbonyl (C=O) groups is 4. The molecule has 3 amide bonds. The van der Waals surface area contributed by atoms with Gasteiger partial charge in [0, 0.05) is 6.92 Å². The van der Waals surface area contributed by atoms with Crippen LogP contribution in [0.1, 0.15) is 46.6 Å². The van der Waals surface area contributed by atoms with Crippen LogP contribution in [0.15, 0.2) is 30.3 Å². The molecule has 7 nitrogen and oxygen atoms in total. The van der Waals surface area contributed by atoms with Crippen LogP contribution in [0.2, 0.25) is 0 Å². The van der Waals surface area contributed by atoms with Gasteiger partial charge in [-0.05, 0) is 30.2 Å². The first-order valence-corrected chi connectivity index (χ1v) is 10.0. The second-order valence-electron chi connectivity index (χ2n) is 8.05. The second kappa shape index (κ2) is 12.0. The Morgan fingerprint density at radius 3 is 2.03 bits per heavy atom. The standard InChI is InChI=1S/C22H33N3O4/c1-14(2)11-19(25-22(29)20(15(3)4)23-16(5)27)21(28)24-18(13-26)12-17-9-7-6-8-10-17/h6-10,13-15,18-20H,11-12H2,1-5H3,(H,23,27)(H,24,28)(H,25,29)/t18-,19-,20-/m0/s1. The molecule has 0 aromatic heterocycles. The zero-order valence-electron chi connectivity index (χ0n) is 17.9. The number of carbonyl (C=O) groups excluding carboxylic acids is 4. The summed E-state index contributed by atoms with van der Waals surface area (Å²) in [7, 11) is 0. The van der Waals surface area contributed by atoms with Gasteiger partial charge in [0.25, 0.3) is 0 Å². The Hall–Kier alpha value is -2.70. The van der Waals surface area contributed by atoms with E-state index in [4.69, 9.17) is 0 Å². The Morgan fingerprint density at radius 1 is 0.931 bits per heavy atom. The maximum Gasteiger partial charge on any atom is 0.243 e. The number of hydrogen-bond acceptors (Lipinski definition) is 4. The summed E-state index contributed by atoms with van der Waals surface area (Å²) in [5.41, 5.74) is 0.930. The molecular formula is C22H33N3O4. The third-order valence-electron chi connectivity index (χ3n) is 4.44. The summed E-state index contributed by atoms with van der Waals surface area (Å²) in [6.07, 6.45) is 1.49. The zero-order chi connectivity index (χ0) is 22.0. The molecule has 0 spiro atoms. The molecule has 0 heterocycles. The van der Waals surface area contributed by atoms with E-state index in [1.807, 2.05) is 58.0 Å². The van der Waals surface area contributed by atoms with Gasteiger partial charge >= 0.3 is 0 Å². The molecule has 160 valence electrons. The van der Waals surface area contributed by atoms with Gasteiger partial charge in [-0.25, -0.2) is 0 Å². The summed E-state index contributed by atoms with van der Waals surface area (Å²) in [4.78, 5) is 48.4. The van der Waals surface area contributed by atoms with E-state index < -0.39 is 29.9 Å². The molecule has 0 unspecified atom stereocenters. The van der Waals surface area contributed by atoms with E-state index in [-0.39, 0.29) is 17.7 Å². The Balaban J connectivity index is 2.86. The summed E-state index contributed by atoms with van der Waals surface area (Å²) in [5, 5.41) is 8.09. The lowest BCUT2D eigenvalue weighted by Gasteiger charge is -2.26. The molecule has 0 radical (unpaired) electrons. The van der Waals surface area contributed by atoms with E-state index in [9.17, 15) is 19.2 Å². The summed E-state index contributed by atoms with van der Waals surface area (Å²) < 4.78 is 0. The Morgan fingerprint density at radius 2 is 1.55 bits per heavy atom. The number of hydrogen-bond donors (Lipinski definition) is 3. The first kappa shape index (κ1) is 24.3. The third-order valence-corrected chi connectivity index (χ3v) is 4.44. The van der Waals surface area contributed by atoms with Crippen molar-refractivity contribution in [3.63, 3.8) is 0 Å². The van der Waals surface area contributed by atoms with Crippen LogP contribution in [0, 0.1) is 11.8 Å². The van der Waals surface area contributed by atoms with Gasteiger partial charge in [0.05, 0.1) is 6.04 Å². The Kier molecular flexibility index (Phi) is 10.1. The van der Waals surface area contributed by atoms with Gasteiger partial charge < -0.3 is 20.7 Å². The van der Waals surface area contributed by atoms with E-state index in [1.165, 1.54) is 6.92 Å². The van der Waals surface area contributed by atoms with Crippen LogP contribution in [0.5, 0.6) is 0 Å². The van der Waals surface area contributed by atoms with Gasteiger partial charge in [-0.3, -0.25) is 14.4 Å². The van der Waals surface area contributed by atoms with Gasteiger partial charge in [0.2, 0.25) is 17.7 Å². The van der Waals surface area contributed by atoms with Crippen LogP contribution in [0.3, 0.4) is 0 Å². The Bertz CT molecular complexity index is 689. The maximum absolute atomic E-state index is 12.8. The van der Waals surface area contributed by atoms with Crippen molar-refractivity contribution in [2.75, 3.05) is 0 Å². The minimum Gasteiger partial charge on any atom is -0.344 e. The average molecular weight is 404 g/mol. The molecular weight excluding hydrogens is 370 g/mol. The monoisotopic (exact) mass is 403 g/mol. The van der Waals surface area contributed by atoms with Gasteiger partial charge in [-0.1, -0.05) is 58.0 Å². The number of nitrogens with one attached hydrogen (secondary N) is 3. The molecule has 0 saturated heterocycles. The third kappa shape index (κ3) is 8.89. The van der Waals surface area contributed by atoms with Gasteiger partial charge in [-0.15, -0.1) is 0 Å². The molecule has 29 heavy (non-hydrogen) atoms. The van der Waals surface area contributed by atoms with E-state index in [1.54, 1.807) is 0 Å². The first-order valence-electron chi connectivity index (χ1n) is 10.0. The molecule has 1 rings (SSSR count). The fraction of sp³-hybridized carbons (Fsp3) is 0.545. The van der Waals surface area contributed by atoms with Crippen LogP contribution in [0.25, 0.3) is 0 Å². The fourth-order valence-electron chi connectivity index (χ4n) is 3.00. The topological polar surface area (TPSA) is 104 Å². The van der Waals surface area contributed by atoms with Gasteiger partial charge in [-0.2, -0.15) is 0 Å². The van der Waals surface area contributed by atoms with E-state index in [2.05, 4.69) is 16.0 Å². The molecule has 3 N–H and O–H groups in total. The fourth-order valence-corrected chi connectivity index (χ4v) is 3.00. The molecule has 0 aliphatic rings. The van der Waals surface area contributed by atoms with Crippen molar-refractivity contribution >= 4 is 24.0 Å². The zero-order valence-corrected chi connectivity index (χ0v) is 17.9. The van der Waals surface area contributed by atoms with Crippen LogP contribution in [-0.4, -0.2) is 42.1 Å². The minimum absolute atomic E-state index is 0.137. The molecule has 0 aliphatic carbocycles. The highest BCUT2D eigenvalue weighted by Crippen LogP contribution is 2.09. The van der Waals surface area contributed by atoms with Crippen molar-refractivity contribution in [1.82, 2.24) is 16.0 Å². The van der Waals surface area contributed by atoms with Crippen LogP contribution in [-0.2, 0) is 25.6 Å². The molecule has 7 heteroatoms. The molecule has 1 aromatic rings. The van der Waals surface area contributed by atoms with Crippen molar-refractivity contribution in [2.24, 2.45) is 11.8 Å². The predicted molar refractivity (Wildman–Crippen MR) is 112 cm³/mol. The molecule has 0 bridgehead atoms. The molecule has 0 saturated carbocycles. The smallest absolute Gasteiger partial charge is 0.243 e. The lowest BCUT2D eigenvalue weighted by atomic mass is 9.99. The number of benzene rings is 1. The van der Waals surface area contributed by atoms with E-state index >= 15 is 0 Å². The summed E-state index contributed by atoms with van der Waals surface area (Å²) in [5.74, 6) is -1.13. The number of aldehydes is 1. The molecule has 1 aromatic carbocycles. The lowest BCUT2D eigenvalue weighted by molar-refractivity contribution is -0.133. The first-order chi connectivity index (χ1) is 13.6. The highest BCUT2D eigenvalue weighted by atomic mass is 16.2. The highest BCUT2D eigenvalue weighted by Gasteiger charge is 2.29. The molecule has 3 atom stereocenters. The largest absolute Gasteiger partial charge is 0.344 e. The predicted octanol–water partition coefficient (Wildman–Crippen LogP) is 1.60. The highest BCUT2D eigenvalue weighted by molar-refractivity contribution is 5.92. The van der Waals surface area contributed by atoms with Crippen LogP contribution >= 0.6 is 0 Å². The average Bonchev–Trinajstić information content (AvgIpc) is 2.64. The molecule has 0 aliphatic heterocycles. The number of rotatable bonds is 11.